The summed E-state index contributed by atoms with van der Waals surface area (Å²) in [5.74, 6) is 0.491. The average Bonchev–Trinajstić information content (AvgIpc) is 3.69. The molecule has 3 aromatic rings. The van der Waals surface area contributed by atoms with Crippen molar-refractivity contribution < 1.29 is 23.5 Å². The zero-order chi connectivity index (χ0) is 29.6. The van der Waals surface area contributed by atoms with Crippen LogP contribution in [-0.2, 0) is 27.3 Å². The first-order valence-electron chi connectivity index (χ1n) is 15.7. The van der Waals surface area contributed by atoms with Crippen molar-refractivity contribution in [2.24, 2.45) is 0 Å². The van der Waals surface area contributed by atoms with Gasteiger partial charge in [-0.15, -0.1) is 10.2 Å². The first kappa shape index (κ1) is 30.1. The van der Waals surface area contributed by atoms with E-state index in [1.807, 2.05) is 19.1 Å². The molecule has 10 nitrogen and oxygen atoms in total. The predicted octanol–water partition coefficient (Wildman–Crippen LogP) is 5.63. The smallest absolute Gasteiger partial charge is 0.247 e. The number of hydrogen-bond donors (Lipinski definition) is 0. The monoisotopic (exact) mass is 577 g/mol. The predicted molar refractivity (Wildman–Crippen MR) is 158 cm³/mol. The molecule has 10 heteroatoms. The van der Waals surface area contributed by atoms with Crippen LogP contribution in [0.2, 0.25) is 0 Å². The molecule has 226 valence electrons. The van der Waals surface area contributed by atoms with Crippen molar-refractivity contribution >= 4 is 28.4 Å². The lowest BCUT2D eigenvalue weighted by atomic mass is 9.98. The Labute approximate surface area is 247 Å². The molecule has 0 radical (unpaired) electrons. The van der Waals surface area contributed by atoms with Gasteiger partial charge in [-0.2, -0.15) is 5.10 Å². The van der Waals surface area contributed by atoms with Crippen LogP contribution in [-0.4, -0.2) is 67.6 Å². The maximum absolute atomic E-state index is 13.8. The van der Waals surface area contributed by atoms with E-state index in [0.29, 0.717) is 48.9 Å². The Morgan fingerprint density at radius 2 is 1.71 bits per heavy atom. The summed E-state index contributed by atoms with van der Waals surface area (Å²) in [6.45, 7) is 6.08. The van der Waals surface area contributed by atoms with Crippen LogP contribution in [0.25, 0.3) is 22.4 Å². The molecule has 0 aliphatic carbocycles. The number of carbonyl (C=O) groups excluding carboxylic acids is 3. The van der Waals surface area contributed by atoms with Crippen molar-refractivity contribution in [1.29, 1.82) is 0 Å². The number of carbonyl (C=O) groups is 3. The summed E-state index contributed by atoms with van der Waals surface area (Å²) in [7, 11) is 0. The molecular weight excluding hydrogens is 534 g/mol. The van der Waals surface area contributed by atoms with Crippen molar-refractivity contribution in [2.75, 3.05) is 13.2 Å². The van der Waals surface area contributed by atoms with E-state index < -0.39 is 6.04 Å². The van der Waals surface area contributed by atoms with Crippen molar-refractivity contribution in [1.82, 2.24) is 24.9 Å². The van der Waals surface area contributed by atoms with Crippen LogP contribution in [0.1, 0.15) is 106 Å². The van der Waals surface area contributed by atoms with E-state index in [2.05, 4.69) is 15.3 Å². The van der Waals surface area contributed by atoms with Crippen LogP contribution < -0.4 is 0 Å². The van der Waals surface area contributed by atoms with Crippen LogP contribution >= 0.6 is 0 Å². The van der Waals surface area contributed by atoms with Gasteiger partial charge in [-0.1, -0.05) is 51.9 Å². The van der Waals surface area contributed by atoms with Crippen molar-refractivity contribution in [3.8, 4) is 11.5 Å². The van der Waals surface area contributed by atoms with E-state index in [0.717, 1.165) is 48.7 Å². The summed E-state index contributed by atoms with van der Waals surface area (Å²) in [5.41, 5.74) is 2.80. The molecule has 4 heterocycles. The quantitative estimate of drug-likeness (QED) is 0.366. The Balaban J connectivity index is 1.54. The van der Waals surface area contributed by atoms with E-state index in [1.165, 1.54) is 39.0 Å². The molecule has 0 unspecified atom stereocenters. The highest BCUT2D eigenvalue weighted by molar-refractivity contribution is 6.06. The third-order valence-electron chi connectivity index (χ3n) is 8.58. The molecule has 42 heavy (non-hydrogen) atoms. The van der Waals surface area contributed by atoms with Gasteiger partial charge >= 0.3 is 0 Å². The number of aromatic nitrogens is 4. The molecule has 2 bridgehead atoms. The Bertz CT molecular complexity index is 1430. The van der Waals surface area contributed by atoms with Gasteiger partial charge in [0.15, 0.2) is 11.6 Å². The van der Waals surface area contributed by atoms with Crippen molar-refractivity contribution in [3.05, 3.63) is 29.3 Å². The molecule has 1 aromatic carbocycles. The fourth-order valence-corrected chi connectivity index (χ4v) is 6.42. The third-order valence-corrected chi connectivity index (χ3v) is 8.58. The summed E-state index contributed by atoms with van der Waals surface area (Å²) >= 11 is 0. The van der Waals surface area contributed by atoms with Gasteiger partial charge in [0.1, 0.15) is 18.3 Å². The number of fused-ring (bicyclic) bond motifs is 2. The first-order chi connectivity index (χ1) is 20.4. The molecule has 2 aromatic heterocycles. The molecule has 0 N–H and O–H groups in total. The average molecular weight is 578 g/mol. The second-order valence-corrected chi connectivity index (χ2v) is 11.7. The molecule has 1 amide bonds. The SMILES string of the molecule is CCC(=O)[C@@H]1[C@H]2CCN1C(=O)Cn1nc(C(C)=O)c3cc(-c4nnc(C)o4)cc(c31)CCCCCCCCCCCO2. The molecule has 2 aliphatic rings. The fourth-order valence-electron chi connectivity index (χ4n) is 6.42. The normalized spacial score (nSPS) is 21.5. The van der Waals surface area contributed by atoms with E-state index >= 15 is 0 Å². The standard InChI is InChI=1S/C32H43N5O5/c1-4-26(39)31-27-15-16-36(31)28(40)20-37-30-23(14-12-10-8-6-5-7-9-11-13-17-41-27)18-24(32-34-33-22(3)42-32)19-25(30)29(35-37)21(2)38/h18-19,27,31H,4-17,20H2,1-3H3/t27-,31-/m1/s1. The van der Waals surface area contributed by atoms with E-state index in [4.69, 9.17) is 9.15 Å². The Kier molecular flexibility index (Phi) is 9.82. The highest BCUT2D eigenvalue weighted by Gasteiger charge is 2.41. The Morgan fingerprint density at radius 3 is 2.38 bits per heavy atom. The zero-order valence-corrected chi connectivity index (χ0v) is 25.2. The van der Waals surface area contributed by atoms with Crippen LogP contribution in [0.3, 0.4) is 0 Å². The minimum atomic E-state index is -0.589. The molecule has 0 saturated carbocycles. The van der Waals surface area contributed by atoms with Crippen LogP contribution in [0.5, 0.6) is 0 Å². The van der Waals surface area contributed by atoms with Gasteiger partial charge in [0, 0.05) is 44.4 Å². The lowest BCUT2D eigenvalue weighted by molar-refractivity contribution is -0.141. The minimum absolute atomic E-state index is 0.0166. The van der Waals surface area contributed by atoms with Gasteiger partial charge in [-0.3, -0.25) is 19.1 Å². The summed E-state index contributed by atoms with van der Waals surface area (Å²) in [6.07, 6.45) is 11.7. The van der Waals surface area contributed by atoms with Gasteiger partial charge in [0.05, 0.1) is 11.6 Å². The number of aryl methyl sites for hydroxylation is 2. The van der Waals surface area contributed by atoms with Crippen LogP contribution in [0, 0.1) is 6.92 Å². The molecule has 2 atom stereocenters. The second kappa shape index (κ2) is 13.7. The lowest BCUT2D eigenvalue weighted by Gasteiger charge is -2.27. The minimum Gasteiger partial charge on any atom is -0.421 e. The number of nitrogens with zero attached hydrogens (tertiary/aromatic N) is 5. The molecule has 2 aliphatic heterocycles. The second-order valence-electron chi connectivity index (χ2n) is 11.7. The number of amides is 1. The zero-order valence-electron chi connectivity index (χ0n) is 25.2. The van der Waals surface area contributed by atoms with E-state index in [9.17, 15) is 14.4 Å². The molecule has 5 rings (SSSR count). The van der Waals surface area contributed by atoms with Gasteiger partial charge in [-0.05, 0) is 43.4 Å². The lowest BCUT2D eigenvalue weighted by Crippen LogP contribution is -2.47. The first-order valence-corrected chi connectivity index (χ1v) is 15.7. The van der Waals surface area contributed by atoms with Gasteiger partial charge in [0.2, 0.25) is 17.7 Å². The van der Waals surface area contributed by atoms with Gasteiger partial charge in [-0.25, -0.2) is 0 Å². The topological polar surface area (TPSA) is 120 Å². The van der Waals surface area contributed by atoms with Gasteiger partial charge < -0.3 is 14.1 Å². The van der Waals surface area contributed by atoms with Crippen LogP contribution in [0.4, 0.5) is 0 Å². The number of benzene rings is 1. The van der Waals surface area contributed by atoms with E-state index in [-0.39, 0.29) is 30.1 Å². The summed E-state index contributed by atoms with van der Waals surface area (Å²) in [6, 6.07) is 3.30. The Hall–Kier alpha value is -3.40. The molecule has 1 fully saturated rings. The highest BCUT2D eigenvalue weighted by atomic mass is 16.5. The fraction of sp³-hybridized carbons (Fsp3) is 0.625. The number of ether oxygens (including phenoxy) is 1. The number of ketones is 2. The van der Waals surface area contributed by atoms with Crippen molar-refractivity contribution in [3.63, 3.8) is 0 Å². The molecule has 0 spiro atoms. The van der Waals surface area contributed by atoms with Gasteiger partial charge in [0.25, 0.3) is 0 Å². The van der Waals surface area contributed by atoms with Crippen molar-refractivity contribution in [2.45, 2.75) is 117 Å². The number of rotatable bonds is 4. The maximum Gasteiger partial charge on any atom is 0.247 e. The summed E-state index contributed by atoms with van der Waals surface area (Å²) in [4.78, 5) is 41.4. The third kappa shape index (κ3) is 6.64. The molecular formula is C32H43N5O5. The number of hydrogen-bond acceptors (Lipinski definition) is 8. The Morgan fingerprint density at radius 1 is 1.00 bits per heavy atom. The summed E-state index contributed by atoms with van der Waals surface area (Å²) < 4.78 is 13.6. The highest BCUT2D eigenvalue weighted by Crippen LogP contribution is 2.32. The summed E-state index contributed by atoms with van der Waals surface area (Å²) in [5, 5.41) is 13.5. The van der Waals surface area contributed by atoms with Crippen LogP contribution in [0.15, 0.2) is 16.5 Å². The number of Topliss-reactive ketones (excluding diaryl/α,β-unsaturated/α-hetero) is 2. The maximum atomic E-state index is 13.8. The largest absolute Gasteiger partial charge is 0.421 e. The molecule has 1 saturated heterocycles. The van der Waals surface area contributed by atoms with E-state index in [1.54, 1.807) is 16.5 Å².